The first-order valence-electron chi connectivity index (χ1n) is 19.8. The molecule has 0 saturated carbocycles. The lowest BCUT2D eigenvalue weighted by molar-refractivity contribution is -0.384. The summed E-state index contributed by atoms with van der Waals surface area (Å²) in [5, 5.41) is 22.9. The standard InChI is InChI=1S/C17H21F2N3O4.C17H23F2N3O3.C4H8O.B2.H2/c18-17(19,16(23)21-8-10-26-11-9-21)13-4-5-14(15(12-13)22(24)25)20-6-2-1-3-7-20;18-17(19,13-20-8-10-25-11-9-20)14-4-5-15(16(12-14)22(23)24)21-6-2-1-3-7-21;1-2-4-5-3-1;1-2;/h4-5,12H,1-3,6-11H2;4-5,12H,1-3,6-11,13H2;1-4H2;;1H. The van der Waals surface area contributed by atoms with Crippen molar-refractivity contribution in [2.24, 2.45) is 0 Å². The number of hydrogen-bond donors (Lipinski definition) is 0. The zero-order chi connectivity index (χ0) is 42.1. The zero-order valence-electron chi connectivity index (χ0n) is 32.8. The van der Waals surface area contributed by atoms with Crippen LogP contribution >= 0.6 is 0 Å². The van der Waals surface area contributed by atoms with E-state index in [9.17, 15) is 42.6 Å². The van der Waals surface area contributed by atoms with Gasteiger partial charge in [-0.25, -0.2) is 0 Å². The summed E-state index contributed by atoms with van der Waals surface area (Å²) in [6, 6.07) is 7.14. The van der Waals surface area contributed by atoms with E-state index in [4.69, 9.17) is 14.2 Å². The molecule has 1 amide bonds. The van der Waals surface area contributed by atoms with Gasteiger partial charge in [0.2, 0.25) is 0 Å². The molecule has 7 rings (SSSR count). The Labute approximate surface area is 340 Å². The molecule has 5 saturated heterocycles. The predicted molar refractivity (Wildman–Crippen MR) is 214 cm³/mol. The minimum atomic E-state index is -3.82. The number of alkyl halides is 4. The van der Waals surface area contributed by atoms with E-state index in [0.717, 1.165) is 87.9 Å². The summed E-state index contributed by atoms with van der Waals surface area (Å²) in [6.45, 7) is 6.66. The molecule has 5 fully saturated rings. The molecule has 2 aromatic rings. The lowest BCUT2D eigenvalue weighted by atomic mass is 9.81. The Morgan fingerprint density at radius 2 is 1.03 bits per heavy atom. The number of nitro groups is 2. The van der Waals surface area contributed by atoms with Gasteiger partial charge in [-0.05, 0) is 69.6 Å². The lowest BCUT2D eigenvalue weighted by Gasteiger charge is -2.31. The molecule has 0 N–H and O–H groups in total. The molecular weight excluding hydrogens is 766 g/mol. The largest absolute Gasteiger partial charge is 0.381 e. The molecule has 20 heteroatoms. The SMILES string of the molecule is C1CCOC1.O=C(N1CCOCC1)C(F)(F)c1ccc(N2CCCCC2)c([N+](=O)[O-])c1.O=[N+]([O-])c1cc(C(F)(F)CN2CCOCC2)ccc1N1CCCCC1.[B][B].[HH]. The maximum atomic E-state index is 14.7. The highest BCUT2D eigenvalue weighted by atomic mass is 19.3. The fourth-order valence-electron chi connectivity index (χ4n) is 7.30. The van der Waals surface area contributed by atoms with Gasteiger partial charge >= 0.3 is 5.92 Å². The maximum absolute atomic E-state index is 14.7. The number of anilines is 2. The van der Waals surface area contributed by atoms with Gasteiger partial charge in [0, 0.05) is 106 Å². The Morgan fingerprint density at radius 1 is 0.621 bits per heavy atom. The Balaban J connectivity index is 0.000000267. The van der Waals surface area contributed by atoms with E-state index in [2.05, 4.69) is 15.5 Å². The van der Waals surface area contributed by atoms with Crippen molar-refractivity contribution in [3.63, 3.8) is 0 Å². The molecular formula is C38H54B2F4N6O8. The van der Waals surface area contributed by atoms with Crippen LogP contribution in [0.5, 0.6) is 0 Å². The molecule has 0 atom stereocenters. The number of morpholine rings is 2. The van der Waals surface area contributed by atoms with Crippen molar-refractivity contribution >= 4 is 44.1 Å². The number of ether oxygens (including phenoxy) is 3. The van der Waals surface area contributed by atoms with Gasteiger partial charge in [-0.15, -0.1) is 0 Å². The van der Waals surface area contributed by atoms with Gasteiger partial charge in [0.05, 0.1) is 42.8 Å². The molecule has 5 heterocycles. The summed E-state index contributed by atoms with van der Waals surface area (Å²) in [6.07, 6.45) is 8.45. The number of benzene rings is 2. The van der Waals surface area contributed by atoms with Crippen LogP contribution in [0.15, 0.2) is 36.4 Å². The molecule has 0 unspecified atom stereocenters. The fraction of sp³-hybridized carbons (Fsp3) is 0.658. The van der Waals surface area contributed by atoms with Crippen LogP contribution in [0.4, 0.5) is 40.3 Å². The Morgan fingerprint density at radius 3 is 1.47 bits per heavy atom. The van der Waals surface area contributed by atoms with Gasteiger partial charge in [-0.1, -0.05) is 6.07 Å². The first-order chi connectivity index (χ1) is 27.9. The van der Waals surface area contributed by atoms with Gasteiger partial charge in [0.25, 0.3) is 23.2 Å². The summed E-state index contributed by atoms with van der Waals surface area (Å²) < 4.78 is 73.8. The highest BCUT2D eigenvalue weighted by molar-refractivity contribution is 6.75. The van der Waals surface area contributed by atoms with E-state index < -0.39 is 39.7 Å². The summed E-state index contributed by atoms with van der Waals surface area (Å²) in [5.41, 5.74) is -0.809. The van der Waals surface area contributed by atoms with E-state index >= 15 is 0 Å². The topological polar surface area (TPSA) is 144 Å². The number of amides is 1. The molecule has 0 aliphatic carbocycles. The average Bonchev–Trinajstić information content (AvgIpc) is 3.86. The molecule has 58 heavy (non-hydrogen) atoms. The quantitative estimate of drug-likeness (QED) is 0.131. The van der Waals surface area contributed by atoms with Crippen molar-refractivity contribution in [1.82, 2.24) is 9.80 Å². The number of piperidine rings is 2. The van der Waals surface area contributed by atoms with Crippen LogP contribution in [0.3, 0.4) is 0 Å². The number of nitrogens with zero attached hydrogens (tertiary/aromatic N) is 6. The van der Waals surface area contributed by atoms with Crippen LogP contribution < -0.4 is 9.80 Å². The number of rotatable bonds is 9. The number of halogens is 4. The number of nitro benzene ring substituents is 2. The van der Waals surface area contributed by atoms with Gasteiger partial charge in [0.1, 0.15) is 11.4 Å². The van der Waals surface area contributed by atoms with Gasteiger partial charge < -0.3 is 28.9 Å². The molecule has 4 radical (unpaired) electrons. The first kappa shape index (κ1) is 46.7. The number of carbonyl (C=O) groups is 1. The third-order valence-corrected chi connectivity index (χ3v) is 10.4. The highest BCUT2D eigenvalue weighted by Crippen LogP contribution is 2.39. The molecule has 5 aliphatic heterocycles. The normalized spacial score (nSPS) is 19.1. The zero-order valence-corrected chi connectivity index (χ0v) is 32.8. The number of carbonyl (C=O) groups excluding carboxylic acids is 1. The van der Waals surface area contributed by atoms with Crippen molar-refractivity contribution in [3.05, 3.63) is 67.8 Å². The van der Waals surface area contributed by atoms with E-state index in [1.807, 2.05) is 9.80 Å². The molecule has 0 spiro atoms. The predicted octanol–water partition coefficient (Wildman–Crippen LogP) is 5.83. The van der Waals surface area contributed by atoms with Crippen LogP contribution in [0, 0.1) is 20.2 Å². The first-order valence-corrected chi connectivity index (χ1v) is 19.8. The van der Waals surface area contributed by atoms with Crippen LogP contribution in [-0.2, 0) is 30.9 Å². The smallest absolute Gasteiger partial charge is 0.350 e. The number of hydrogen-bond acceptors (Lipinski definition) is 11. The monoisotopic (exact) mass is 820 g/mol. The minimum Gasteiger partial charge on any atom is -0.381 e. The molecule has 0 bridgehead atoms. The third kappa shape index (κ3) is 13.0. The van der Waals surface area contributed by atoms with Crippen LogP contribution in [-0.4, -0.2) is 140 Å². The van der Waals surface area contributed by atoms with E-state index in [1.165, 1.54) is 31.0 Å². The van der Waals surface area contributed by atoms with E-state index in [1.54, 1.807) is 4.90 Å². The van der Waals surface area contributed by atoms with Gasteiger partial charge in [0.15, 0.2) is 0 Å². The van der Waals surface area contributed by atoms with Crippen molar-refractivity contribution in [3.8, 4) is 0 Å². The second-order valence-electron chi connectivity index (χ2n) is 14.4. The van der Waals surface area contributed by atoms with Crippen LogP contribution in [0.2, 0.25) is 0 Å². The van der Waals surface area contributed by atoms with Crippen molar-refractivity contribution in [2.75, 3.05) is 108 Å². The fourth-order valence-corrected chi connectivity index (χ4v) is 7.30. The Bertz CT molecular complexity index is 1620. The van der Waals surface area contributed by atoms with Crippen molar-refractivity contribution in [2.45, 2.75) is 63.2 Å². The summed E-state index contributed by atoms with van der Waals surface area (Å²) in [4.78, 5) is 40.3. The van der Waals surface area contributed by atoms with Gasteiger partial charge in [-0.3, -0.25) is 29.9 Å². The summed E-state index contributed by atoms with van der Waals surface area (Å²) in [5.74, 6) is -8.30. The molecule has 5 aliphatic rings. The van der Waals surface area contributed by atoms with Crippen LogP contribution in [0.1, 0.15) is 63.9 Å². The molecule has 0 aromatic heterocycles. The third-order valence-electron chi connectivity index (χ3n) is 10.4. The average molecular weight is 820 g/mol. The van der Waals surface area contributed by atoms with Crippen molar-refractivity contribution in [1.29, 1.82) is 0 Å². The Kier molecular flexibility index (Phi) is 18.5. The molecule has 318 valence electrons. The molecule has 14 nitrogen and oxygen atoms in total. The second-order valence-corrected chi connectivity index (χ2v) is 14.4. The van der Waals surface area contributed by atoms with Crippen molar-refractivity contribution < 1.29 is 47.8 Å². The van der Waals surface area contributed by atoms with E-state index in [-0.39, 0.29) is 44.7 Å². The van der Waals surface area contributed by atoms with E-state index in [0.29, 0.717) is 50.8 Å². The Hall–Kier alpha value is -4.00. The highest BCUT2D eigenvalue weighted by Gasteiger charge is 2.45. The van der Waals surface area contributed by atoms with Crippen LogP contribution in [0.25, 0.3) is 0 Å². The summed E-state index contributed by atoms with van der Waals surface area (Å²) >= 11 is 0. The minimum absolute atomic E-state index is 0. The second kappa shape index (κ2) is 23.0. The molecule has 2 aromatic carbocycles. The summed E-state index contributed by atoms with van der Waals surface area (Å²) in [7, 11) is 8.00. The maximum Gasteiger partial charge on any atom is 0.350 e. The lowest BCUT2D eigenvalue weighted by Crippen LogP contribution is -2.47. The van der Waals surface area contributed by atoms with Gasteiger partial charge in [-0.2, -0.15) is 17.6 Å².